The molecule has 0 saturated carbocycles. The first kappa shape index (κ1) is 17.0. The molecule has 0 radical (unpaired) electrons. The number of carbonyl (C=O) groups is 2. The third kappa shape index (κ3) is 3.44. The summed E-state index contributed by atoms with van der Waals surface area (Å²) in [6.45, 7) is 2.32. The quantitative estimate of drug-likeness (QED) is 0.774. The van der Waals surface area contributed by atoms with E-state index in [1.165, 1.54) is 0 Å². The Labute approximate surface area is 156 Å². The molecule has 0 unspecified atom stereocenters. The van der Waals surface area contributed by atoms with Crippen LogP contribution in [0.15, 0.2) is 60.8 Å². The highest BCUT2D eigenvalue weighted by Gasteiger charge is 2.35. The number of aromatic nitrogens is 3. The number of aryl methyl sites for hydroxylation is 1. The lowest BCUT2D eigenvalue weighted by atomic mass is 10.1. The van der Waals surface area contributed by atoms with Crippen molar-refractivity contribution in [3.63, 3.8) is 0 Å². The molecular weight excluding hydrogens is 342 g/mol. The Morgan fingerprint density at radius 2 is 1.81 bits per heavy atom. The van der Waals surface area contributed by atoms with Crippen molar-refractivity contribution in [3.05, 3.63) is 66.5 Å². The Morgan fingerprint density at radius 1 is 1.07 bits per heavy atom. The van der Waals surface area contributed by atoms with E-state index in [1.807, 2.05) is 61.5 Å². The first-order chi connectivity index (χ1) is 13.1. The smallest absolute Gasteiger partial charge is 0.229 e. The summed E-state index contributed by atoms with van der Waals surface area (Å²) in [5, 5.41) is 10.8. The second-order valence-electron chi connectivity index (χ2n) is 6.56. The summed E-state index contributed by atoms with van der Waals surface area (Å²) in [5.74, 6) is -0.542. The minimum atomic E-state index is -0.366. The van der Waals surface area contributed by atoms with Gasteiger partial charge in [0.1, 0.15) is 0 Å². The summed E-state index contributed by atoms with van der Waals surface area (Å²) in [6.07, 6.45) is 1.91. The molecule has 7 nitrogen and oxygen atoms in total. The SMILES string of the molecule is Cc1cnnn1-c1ccc(NC(=O)[C@@H]2CC(=O)N(c3ccccc3)C2)cc1. The second kappa shape index (κ2) is 7.03. The van der Waals surface area contributed by atoms with E-state index in [-0.39, 0.29) is 24.2 Å². The molecule has 2 aromatic carbocycles. The number of rotatable bonds is 4. The lowest BCUT2D eigenvalue weighted by Gasteiger charge is -2.16. The fourth-order valence-corrected chi connectivity index (χ4v) is 3.21. The summed E-state index contributed by atoms with van der Waals surface area (Å²) >= 11 is 0. The van der Waals surface area contributed by atoms with Crippen LogP contribution in [0.2, 0.25) is 0 Å². The zero-order chi connectivity index (χ0) is 18.8. The van der Waals surface area contributed by atoms with Gasteiger partial charge in [0.05, 0.1) is 23.5 Å². The van der Waals surface area contributed by atoms with Gasteiger partial charge in [0, 0.05) is 24.3 Å². The molecule has 1 N–H and O–H groups in total. The molecular formula is C20H19N5O2. The number of benzene rings is 2. The van der Waals surface area contributed by atoms with Gasteiger partial charge in [-0.15, -0.1) is 5.10 Å². The highest BCUT2D eigenvalue weighted by atomic mass is 16.2. The molecule has 0 aliphatic carbocycles. The molecule has 4 rings (SSSR count). The summed E-state index contributed by atoms with van der Waals surface area (Å²) < 4.78 is 1.72. The van der Waals surface area contributed by atoms with E-state index in [1.54, 1.807) is 15.8 Å². The van der Waals surface area contributed by atoms with Gasteiger partial charge in [-0.2, -0.15) is 0 Å². The minimum Gasteiger partial charge on any atom is -0.326 e. The van der Waals surface area contributed by atoms with Crippen LogP contribution in [0.5, 0.6) is 0 Å². The zero-order valence-corrected chi connectivity index (χ0v) is 14.9. The monoisotopic (exact) mass is 361 g/mol. The molecule has 1 aliphatic rings. The predicted octanol–water partition coefficient (Wildman–Crippen LogP) is 2.57. The molecule has 1 aromatic heterocycles. The topological polar surface area (TPSA) is 80.1 Å². The van der Waals surface area contributed by atoms with Crippen LogP contribution < -0.4 is 10.2 Å². The van der Waals surface area contributed by atoms with Gasteiger partial charge in [-0.1, -0.05) is 23.4 Å². The molecule has 1 atom stereocenters. The number of anilines is 2. The highest BCUT2D eigenvalue weighted by molar-refractivity contribution is 6.03. The van der Waals surface area contributed by atoms with E-state index in [9.17, 15) is 9.59 Å². The normalized spacial score (nSPS) is 16.6. The summed E-state index contributed by atoms with van der Waals surface area (Å²) in [6, 6.07) is 16.8. The molecule has 0 bridgehead atoms. The van der Waals surface area contributed by atoms with Crippen molar-refractivity contribution in [3.8, 4) is 5.69 Å². The van der Waals surface area contributed by atoms with Crippen LogP contribution in [-0.2, 0) is 9.59 Å². The van der Waals surface area contributed by atoms with Gasteiger partial charge in [0.2, 0.25) is 11.8 Å². The fraction of sp³-hybridized carbons (Fsp3) is 0.200. The maximum Gasteiger partial charge on any atom is 0.229 e. The van der Waals surface area contributed by atoms with Crippen LogP contribution in [0, 0.1) is 12.8 Å². The predicted molar refractivity (Wildman–Crippen MR) is 102 cm³/mol. The van der Waals surface area contributed by atoms with Crippen LogP contribution in [0.4, 0.5) is 11.4 Å². The number of hydrogen-bond donors (Lipinski definition) is 1. The van der Waals surface area contributed by atoms with Crippen molar-refractivity contribution in [2.45, 2.75) is 13.3 Å². The number of amides is 2. The van der Waals surface area contributed by atoms with Crippen LogP contribution in [0.3, 0.4) is 0 Å². The number of hydrogen-bond acceptors (Lipinski definition) is 4. The van der Waals surface area contributed by atoms with Crippen molar-refractivity contribution in [1.82, 2.24) is 15.0 Å². The Bertz CT molecular complexity index is 966. The van der Waals surface area contributed by atoms with E-state index in [4.69, 9.17) is 0 Å². The molecule has 136 valence electrons. The highest BCUT2D eigenvalue weighted by Crippen LogP contribution is 2.26. The van der Waals surface area contributed by atoms with Gasteiger partial charge in [-0.3, -0.25) is 9.59 Å². The van der Waals surface area contributed by atoms with Crippen molar-refractivity contribution >= 4 is 23.2 Å². The number of carbonyl (C=O) groups excluding carboxylic acids is 2. The van der Waals surface area contributed by atoms with Gasteiger partial charge in [0.15, 0.2) is 0 Å². The Hall–Kier alpha value is -3.48. The van der Waals surface area contributed by atoms with E-state index in [0.717, 1.165) is 17.1 Å². The summed E-state index contributed by atoms with van der Waals surface area (Å²) in [4.78, 5) is 26.5. The van der Waals surface area contributed by atoms with Gasteiger partial charge >= 0.3 is 0 Å². The van der Waals surface area contributed by atoms with Crippen molar-refractivity contribution in [1.29, 1.82) is 0 Å². The molecule has 1 fully saturated rings. The molecule has 7 heteroatoms. The second-order valence-corrected chi connectivity index (χ2v) is 6.56. The summed E-state index contributed by atoms with van der Waals surface area (Å²) in [5.41, 5.74) is 3.31. The maximum absolute atomic E-state index is 12.6. The first-order valence-corrected chi connectivity index (χ1v) is 8.76. The van der Waals surface area contributed by atoms with E-state index < -0.39 is 0 Å². The standard InChI is InChI=1S/C20H19N5O2/c1-14-12-21-23-25(14)18-9-7-16(8-10-18)22-20(27)15-11-19(26)24(13-15)17-5-3-2-4-6-17/h2-10,12,15H,11,13H2,1H3,(H,22,27)/t15-/m1/s1. The van der Waals surface area contributed by atoms with Gasteiger partial charge in [-0.25, -0.2) is 4.68 Å². The largest absolute Gasteiger partial charge is 0.326 e. The fourth-order valence-electron chi connectivity index (χ4n) is 3.21. The van der Waals surface area contributed by atoms with Crippen LogP contribution >= 0.6 is 0 Å². The molecule has 1 saturated heterocycles. The van der Waals surface area contributed by atoms with Crippen molar-refractivity contribution in [2.24, 2.45) is 5.92 Å². The van der Waals surface area contributed by atoms with Crippen molar-refractivity contribution < 1.29 is 9.59 Å². The lowest BCUT2D eigenvalue weighted by Crippen LogP contribution is -2.28. The zero-order valence-electron chi connectivity index (χ0n) is 14.9. The third-order valence-corrected chi connectivity index (χ3v) is 4.66. The van der Waals surface area contributed by atoms with Crippen LogP contribution in [-0.4, -0.2) is 33.4 Å². The molecule has 0 spiro atoms. The average Bonchev–Trinajstić information content (AvgIpc) is 3.29. The third-order valence-electron chi connectivity index (χ3n) is 4.66. The van der Waals surface area contributed by atoms with Gasteiger partial charge < -0.3 is 10.2 Å². The minimum absolute atomic E-state index is 0.0293. The van der Waals surface area contributed by atoms with E-state index in [2.05, 4.69) is 15.6 Å². The lowest BCUT2D eigenvalue weighted by molar-refractivity contribution is -0.122. The molecule has 3 aromatic rings. The molecule has 1 aliphatic heterocycles. The molecule has 27 heavy (non-hydrogen) atoms. The van der Waals surface area contributed by atoms with Crippen molar-refractivity contribution in [2.75, 3.05) is 16.8 Å². The first-order valence-electron chi connectivity index (χ1n) is 8.76. The number of nitrogens with one attached hydrogen (secondary N) is 1. The van der Waals surface area contributed by atoms with Crippen LogP contribution in [0.25, 0.3) is 5.69 Å². The Kier molecular flexibility index (Phi) is 4.42. The van der Waals surface area contributed by atoms with E-state index in [0.29, 0.717) is 12.2 Å². The Balaban J connectivity index is 1.42. The van der Waals surface area contributed by atoms with E-state index >= 15 is 0 Å². The van der Waals surface area contributed by atoms with Crippen LogP contribution in [0.1, 0.15) is 12.1 Å². The molecule has 2 heterocycles. The maximum atomic E-state index is 12.6. The Morgan fingerprint density at radius 3 is 2.48 bits per heavy atom. The van der Waals surface area contributed by atoms with Gasteiger partial charge in [0.25, 0.3) is 0 Å². The van der Waals surface area contributed by atoms with Gasteiger partial charge in [-0.05, 0) is 43.3 Å². The summed E-state index contributed by atoms with van der Waals surface area (Å²) in [7, 11) is 0. The number of para-hydroxylation sites is 1. The molecule has 2 amide bonds. The average molecular weight is 361 g/mol. The number of nitrogens with zero attached hydrogens (tertiary/aromatic N) is 4.